The van der Waals surface area contributed by atoms with Gasteiger partial charge in [0, 0.05) is 12.4 Å². The standard InChI is InChI=1S/C18H14N4O3S2/c23-27(24,14-6-3-9-19-12-14)22-15-7-2-1-5-13(15)11-17-20-18(21-25-17)16-8-4-10-26-16/h1-10,12,22H,11H2. The number of pyridine rings is 1. The lowest BCUT2D eigenvalue weighted by Crippen LogP contribution is -2.14. The van der Waals surface area contributed by atoms with E-state index in [9.17, 15) is 8.42 Å². The van der Waals surface area contributed by atoms with Crippen LogP contribution in [-0.4, -0.2) is 23.5 Å². The minimum absolute atomic E-state index is 0.0950. The van der Waals surface area contributed by atoms with Crippen molar-refractivity contribution in [3.05, 3.63) is 77.8 Å². The molecule has 0 aliphatic carbocycles. The van der Waals surface area contributed by atoms with E-state index in [2.05, 4.69) is 19.8 Å². The summed E-state index contributed by atoms with van der Waals surface area (Å²) in [6.07, 6.45) is 3.13. The molecule has 1 N–H and O–H groups in total. The van der Waals surface area contributed by atoms with Crippen LogP contribution in [0.3, 0.4) is 0 Å². The average Bonchev–Trinajstić information content (AvgIpc) is 3.35. The number of aromatic nitrogens is 3. The maximum absolute atomic E-state index is 12.6. The van der Waals surface area contributed by atoms with Crippen molar-refractivity contribution in [1.82, 2.24) is 15.1 Å². The Kier molecular flexibility index (Phi) is 4.69. The van der Waals surface area contributed by atoms with Gasteiger partial charge in [-0.3, -0.25) is 9.71 Å². The van der Waals surface area contributed by atoms with Crippen LogP contribution in [0.15, 0.2) is 75.7 Å². The van der Waals surface area contributed by atoms with Crippen molar-refractivity contribution in [3.8, 4) is 10.7 Å². The summed E-state index contributed by atoms with van der Waals surface area (Å²) in [6, 6.07) is 14.0. The first-order valence-corrected chi connectivity index (χ1v) is 10.4. The first-order chi connectivity index (χ1) is 13.1. The zero-order valence-electron chi connectivity index (χ0n) is 13.9. The summed E-state index contributed by atoms with van der Waals surface area (Å²) in [4.78, 5) is 9.26. The molecule has 3 aromatic heterocycles. The Hall–Kier alpha value is -3.04. The Bertz CT molecular complexity index is 1140. The van der Waals surface area contributed by atoms with Crippen molar-refractivity contribution in [1.29, 1.82) is 0 Å². The van der Waals surface area contributed by atoms with Crippen LogP contribution >= 0.6 is 11.3 Å². The predicted octanol–water partition coefficient (Wildman–Crippen LogP) is 3.58. The quantitative estimate of drug-likeness (QED) is 0.533. The lowest BCUT2D eigenvalue weighted by molar-refractivity contribution is 0.386. The Labute approximate surface area is 159 Å². The van der Waals surface area contributed by atoms with E-state index in [-0.39, 0.29) is 4.90 Å². The number of rotatable bonds is 6. The molecular formula is C18H14N4O3S2. The summed E-state index contributed by atoms with van der Waals surface area (Å²) in [7, 11) is -3.74. The fourth-order valence-corrected chi connectivity index (χ4v) is 4.19. The van der Waals surface area contributed by atoms with Crippen molar-refractivity contribution in [2.75, 3.05) is 4.72 Å². The van der Waals surface area contributed by atoms with E-state index in [1.807, 2.05) is 29.6 Å². The fraction of sp³-hybridized carbons (Fsp3) is 0.0556. The molecule has 3 heterocycles. The number of hydrogen-bond acceptors (Lipinski definition) is 7. The van der Waals surface area contributed by atoms with Gasteiger partial charge < -0.3 is 4.52 Å². The normalized spacial score (nSPS) is 11.4. The van der Waals surface area contributed by atoms with E-state index >= 15 is 0 Å². The summed E-state index contributed by atoms with van der Waals surface area (Å²) in [6.45, 7) is 0. The van der Waals surface area contributed by atoms with E-state index in [0.29, 0.717) is 23.8 Å². The van der Waals surface area contributed by atoms with Gasteiger partial charge in [-0.15, -0.1) is 11.3 Å². The van der Waals surface area contributed by atoms with Gasteiger partial charge in [0.2, 0.25) is 11.7 Å². The van der Waals surface area contributed by atoms with Gasteiger partial charge in [0.25, 0.3) is 10.0 Å². The highest BCUT2D eigenvalue weighted by Gasteiger charge is 2.17. The van der Waals surface area contributed by atoms with E-state index in [1.54, 1.807) is 18.2 Å². The maximum Gasteiger partial charge on any atom is 0.263 e. The minimum Gasteiger partial charge on any atom is -0.339 e. The highest BCUT2D eigenvalue weighted by molar-refractivity contribution is 7.92. The van der Waals surface area contributed by atoms with E-state index < -0.39 is 10.0 Å². The Morgan fingerprint density at radius 1 is 1.07 bits per heavy atom. The second-order valence-corrected chi connectivity index (χ2v) is 8.25. The van der Waals surface area contributed by atoms with Crippen LogP contribution in [0.25, 0.3) is 10.7 Å². The Morgan fingerprint density at radius 2 is 1.96 bits per heavy atom. The van der Waals surface area contributed by atoms with Gasteiger partial charge in [-0.05, 0) is 35.2 Å². The van der Waals surface area contributed by atoms with E-state index in [1.165, 1.54) is 29.8 Å². The van der Waals surface area contributed by atoms with Gasteiger partial charge in [-0.1, -0.05) is 29.4 Å². The molecule has 0 unspecified atom stereocenters. The van der Waals surface area contributed by atoms with Gasteiger partial charge in [0.1, 0.15) is 4.90 Å². The topological polar surface area (TPSA) is 98.0 Å². The molecule has 0 amide bonds. The molecule has 1 aromatic carbocycles. The fourth-order valence-electron chi connectivity index (χ4n) is 2.48. The van der Waals surface area contributed by atoms with Crippen LogP contribution in [-0.2, 0) is 16.4 Å². The van der Waals surface area contributed by atoms with Crippen LogP contribution in [0, 0.1) is 0 Å². The minimum atomic E-state index is -3.74. The largest absolute Gasteiger partial charge is 0.339 e. The van der Waals surface area contributed by atoms with Crippen molar-refractivity contribution in [2.24, 2.45) is 0 Å². The summed E-state index contributed by atoms with van der Waals surface area (Å²) in [5, 5.41) is 5.92. The number of thiophene rings is 1. The van der Waals surface area contributed by atoms with Crippen LogP contribution in [0.2, 0.25) is 0 Å². The number of para-hydroxylation sites is 1. The van der Waals surface area contributed by atoms with Crippen LogP contribution < -0.4 is 4.72 Å². The lowest BCUT2D eigenvalue weighted by atomic mass is 10.1. The summed E-state index contributed by atoms with van der Waals surface area (Å²) in [5.41, 5.74) is 1.18. The van der Waals surface area contributed by atoms with Crippen LogP contribution in [0.4, 0.5) is 5.69 Å². The number of sulfonamides is 1. The molecule has 0 bridgehead atoms. The first-order valence-electron chi connectivity index (χ1n) is 7.99. The molecule has 4 rings (SSSR count). The zero-order chi connectivity index (χ0) is 18.7. The van der Waals surface area contributed by atoms with Gasteiger partial charge in [0.15, 0.2) is 0 Å². The molecule has 0 aliphatic heterocycles. The Balaban J connectivity index is 1.59. The van der Waals surface area contributed by atoms with Crippen molar-refractivity contribution >= 4 is 27.0 Å². The molecule has 7 nitrogen and oxygen atoms in total. The number of anilines is 1. The molecule has 0 fully saturated rings. The summed E-state index contributed by atoms with van der Waals surface area (Å²) < 4.78 is 33.1. The number of benzene rings is 1. The second kappa shape index (κ2) is 7.29. The van der Waals surface area contributed by atoms with Crippen molar-refractivity contribution in [3.63, 3.8) is 0 Å². The van der Waals surface area contributed by atoms with Crippen LogP contribution in [0.5, 0.6) is 0 Å². The van der Waals surface area contributed by atoms with Gasteiger partial charge in [-0.2, -0.15) is 4.98 Å². The molecule has 4 aromatic rings. The SMILES string of the molecule is O=S(=O)(Nc1ccccc1Cc1nc(-c2cccs2)no1)c1cccnc1. The van der Waals surface area contributed by atoms with Gasteiger partial charge in [-0.25, -0.2) is 8.42 Å². The third-order valence-electron chi connectivity index (χ3n) is 3.76. The molecule has 0 spiro atoms. The van der Waals surface area contributed by atoms with E-state index in [4.69, 9.17) is 4.52 Å². The molecule has 136 valence electrons. The zero-order valence-corrected chi connectivity index (χ0v) is 15.6. The number of nitrogens with one attached hydrogen (secondary N) is 1. The maximum atomic E-state index is 12.6. The number of hydrogen-bond donors (Lipinski definition) is 1. The molecule has 0 atom stereocenters. The summed E-state index contributed by atoms with van der Waals surface area (Å²) >= 11 is 1.52. The third-order valence-corrected chi connectivity index (χ3v) is 5.97. The first kappa shape index (κ1) is 17.4. The molecule has 0 saturated heterocycles. The molecular weight excluding hydrogens is 384 g/mol. The van der Waals surface area contributed by atoms with Crippen LogP contribution in [0.1, 0.15) is 11.5 Å². The predicted molar refractivity (Wildman–Crippen MR) is 102 cm³/mol. The average molecular weight is 398 g/mol. The van der Waals surface area contributed by atoms with Gasteiger partial charge >= 0.3 is 0 Å². The lowest BCUT2D eigenvalue weighted by Gasteiger charge is -2.11. The molecule has 9 heteroatoms. The van der Waals surface area contributed by atoms with Gasteiger partial charge in [0.05, 0.1) is 17.0 Å². The molecule has 0 aliphatic rings. The summed E-state index contributed by atoms with van der Waals surface area (Å²) in [5.74, 6) is 0.930. The van der Waals surface area contributed by atoms with E-state index in [0.717, 1.165) is 10.4 Å². The van der Waals surface area contributed by atoms with Crippen molar-refractivity contribution in [2.45, 2.75) is 11.3 Å². The monoisotopic (exact) mass is 398 g/mol. The smallest absolute Gasteiger partial charge is 0.263 e. The molecule has 27 heavy (non-hydrogen) atoms. The highest BCUT2D eigenvalue weighted by Crippen LogP contribution is 2.25. The molecule has 0 saturated carbocycles. The second-order valence-electron chi connectivity index (χ2n) is 5.62. The van der Waals surface area contributed by atoms with Crippen molar-refractivity contribution < 1.29 is 12.9 Å². The molecule has 0 radical (unpaired) electrons. The Morgan fingerprint density at radius 3 is 2.74 bits per heavy atom. The third kappa shape index (κ3) is 3.88. The highest BCUT2D eigenvalue weighted by atomic mass is 32.2. The number of nitrogens with zero attached hydrogens (tertiary/aromatic N) is 3.